The first kappa shape index (κ1) is 29.6. The minimum absolute atomic E-state index is 0.290. The second-order valence-corrected chi connectivity index (χ2v) is 13.4. The van der Waals surface area contributed by atoms with Gasteiger partial charge in [-0.25, -0.2) is 4.79 Å². The van der Waals surface area contributed by atoms with Gasteiger partial charge in [-0.2, -0.15) is 0 Å². The lowest BCUT2D eigenvalue weighted by molar-refractivity contribution is -0.143. The minimum Gasteiger partial charge on any atom is -0.456 e. The standard InChI is InChI=1S/C33H34BrNO7/c1-31(2,3)29(37)39-20-9-12-23-26(17-20)41-27-18-21(40-30(38)32(4,5)6)10-13-24(27)33(23)25-16-19(35(7)15-14-34)8-11-22(25)28(36)42-33/h8-13,16-18H,14-15H2,1-7H3. The quantitative estimate of drug-likeness (QED) is 0.168. The Hall–Kier alpha value is -3.85. The summed E-state index contributed by atoms with van der Waals surface area (Å²) in [5.74, 6) is 0.00585. The Morgan fingerprint density at radius 1 is 0.810 bits per heavy atom. The van der Waals surface area contributed by atoms with Gasteiger partial charge < -0.3 is 23.8 Å². The van der Waals surface area contributed by atoms with Crippen LogP contribution in [0.4, 0.5) is 5.69 Å². The van der Waals surface area contributed by atoms with Crippen LogP contribution in [0.25, 0.3) is 0 Å². The van der Waals surface area contributed by atoms with Crippen molar-refractivity contribution in [2.45, 2.75) is 47.1 Å². The lowest BCUT2D eigenvalue weighted by atomic mass is 9.77. The van der Waals surface area contributed by atoms with Crippen molar-refractivity contribution in [1.82, 2.24) is 0 Å². The van der Waals surface area contributed by atoms with Crippen molar-refractivity contribution in [3.05, 3.63) is 76.9 Å². The summed E-state index contributed by atoms with van der Waals surface area (Å²) in [7, 11) is 1.98. The van der Waals surface area contributed by atoms with Crippen molar-refractivity contribution < 1.29 is 33.3 Å². The van der Waals surface area contributed by atoms with E-state index < -0.39 is 34.3 Å². The van der Waals surface area contributed by atoms with Crippen molar-refractivity contribution >= 4 is 39.5 Å². The molecule has 220 valence electrons. The first-order valence-electron chi connectivity index (χ1n) is 13.7. The van der Waals surface area contributed by atoms with Crippen molar-refractivity contribution in [3.8, 4) is 23.0 Å². The third-order valence-electron chi connectivity index (χ3n) is 7.24. The molecule has 5 rings (SSSR count). The maximum absolute atomic E-state index is 13.4. The Kier molecular flexibility index (Phi) is 7.38. The van der Waals surface area contributed by atoms with E-state index in [9.17, 15) is 14.4 Å². The number of rotatable bonds is 5. The molecule has 0 aromatic heterocycles. The molecule has 0 radical (unpaired) electrons. The second kappa shape index (κ2) is 10.5. The lowest BCUT2D eigenvalue weighted by Gasteiger charge is -2.37. The SMILES string of the molecule is CN(CCBr)c1ccc2c(c1)C1(OC2=O)c2ccc(OC(=O)C(C)(C)C)cc2Oc2cc(OC(=O)C(C)(C)C)ccc21. The van der Waals surface area contributed by atoms with Crippen LogP contribution in [0.1, 0.15) is 68.6 Å². The number of ether oxygens (including phenoxy) is 4. The molecule has 0 atom stereocenters. The van der Waals surface area contributed by atoms with Gasteiger partial charge in [0.2, 0.25) is 0 Å². The molecule has 1 spiro atoms. The highest BCUT2D eigenvalue weighted by Gasteiger charge is 2.54. The summed E-state index contributed by atoms with van der Waals surface area (Å²) in [5.41, 5.74) is 0.399. The van der Waals surface area contributed by atoms with E-state index in [2.05, 4.69) is 20.8 Å². The number of fused-ring (bicyclic) bond motifs is 6. The smallest absolute Gasteiger partial charge is 0.340 e. The highest BCUT2D eigenvalue weighted by Crippen LogP contribution is 2.57. The van der Waals surface area contributed by atoms with Crippen LogP contribution in [-0.2, 0) is 19.9 Å². The van der Waals surface area contributed by atoms with E-state index in [0.29, 0.717) is 33.8 Å². The average molecular weight is 637 g/mol. The van der Waals surface area contributed by atoms with Crippen LogP contribution in [-0.4, -0.2) is 36.8 Å². The van der Waals surface area contributed by atoms with Crippen molar-refractivity contribution in [3.63, 3.8) is 0 Å². The molecule has 2 aliphatic rings. The predicted octanol–water partition coefficient (Wildman–Crippen LogP) is 6.99. The molecule has 0 fully saturated rings. The van der Waals surface area contributed by atoms with Gasteiger partial charge in [0.15, 0.2) is 5.60 Å². The normalized spacial score (nSPS) is 14.7. The summed E-state index contributed by atoms with van der Waals surface area (Å²) < 4.78 is 24.0. The monoisotopic (exact) mass is 635 g/mol. The molecule has 3 aromatic carbocycles. The van der Waals surface area contributed by atoms with Crippen LogP contribution in [0.15, 0.2) is 54.6 Å². The molecule has 0 unspecified atom stereocenters. The molecule has 0 saturated heterocycles. The summed E-state index contributed by atoms with van der Waals surface area (Å²) in [5, 5.41) is 0.771. The Morgan fingerprint density at radius 3 is 1.81 bits per heavy atom. The van der Waals surface area contributed by atoms with Crippen LogP contribution in [0.3, 0.4) is 0 Å². The highest BCUT2D eigenvalue weighted by molar-refractivity contribution is 9.09. The molecular formula is C33H34BrNO7. The fourth-order valence-corrected chi connectivity index (χ4v) is 5.34. The topological polar surface area (TPSA) is 91.4 Å². The average Bonchev–Trinajstić information content (AvgIpc) is 3.19. The third kappa shape index (κ3) is 5.15. The number of hydrogen-bond acceptors (Lipinski definition) is 8. The first-order chi connectivity index (χ1) is 19.6. The largest absolute Gasteiger partial charge is 0.456 e. The zero-order chi connectivity index (χ0) is 30.6. The molecule has 8 nitrogen and oxygen atoms in total. The van der Waals surface area contributed by atoms with E-state index in [1.807, 2.05) is 19.2 Å². The number of halogens is 1. The predicted molar refractivity (Wildman–Crippen MR) is 162 cm³/mol. The van der Waals surface area contributed by atoms with Crippen LogP contribution in [0.2, 0.25) is 0 Å². The van der Waals surface area contributed by atoms with Gasteiger partial charge in [-0.3, -0.25) is 9.59 Å². The van der Waals surface area contributed by atoms with E-state index >= 15 is 0 Å². The number of nitrogens with zero attached hydrogens (tertiary/aromatic N) is 1. The van der Waals surface area contributed by atoms with Gasteiger partial charge in [-0.15, -0.1) is 0 Å². The summed E-state index contributed by atoms with van der Waals surface area (Å²) in [6.07, 6.45) is 0. The van der Waals surface area contributed by atoms with Crippen LogP contribution >= 0.6 is 15.9 Å². The Balaban J connectivity index is 1.70. The van der Waals surface area contributed by atoms with Gasteiger partial charge in [0.05, 0.1) is 16.4 Å². The van der Waals surface area contributed by atoms with Gasteiger partial charge in [0.1, 0.15) is 23.0 Å². The van der Waals surface area contributed by atoms with Crippen molar-refractivity contribution in [2.24, 2.45) is 10.8 Å². The molecule has 0 bridgehead atoms. The Labute approximate surface area is 254 Å². The molecule has 9 heteroatoms. The van der Waals surface area contributed by atoms with Gasteiger partial charge >= 0.3 is 17.9 Å². The molecule has 0 aliphatic carbocycles. The van der Waals surface area contributed by atoms with E-state index in [4.69, 9.17) is 18.9 Å². The maximum Gasteiger partial charge on any atom is 0.340 e. The van der Waals surface area contributed by atoms with Crippen LogP contribution < -0.4 is 19.1 Å². The van der Waals surface area contributed by atoms with E-state index in [1.54, 1.807) is 84.0 Å². The van der Waals surface area contributed by atoms with Gasteiger partial charge in [0, 0.05) is 53.4 Å². The zero-order valence-corrected chi connectivity index (χ0v) is 26.4. The molecule has 3 aromatic rings. The number of esters is 3. The number of hydrogen-bond donors (Lipinski definition) is 0. The van der Waals surface area contributed by atoms with Crippen LogP contribution in [0.5, 0.6) is 23.0 Å². The number of benzene rings is 3. The van der Waals surface area contributed by atoms with E-state index in [-0.39, 0.29) is 11.5 Å². The molecule has 2 heterocycles. The van der Waals surface area contributed by atoms with Gasteiger partial charge in [-0.05, 0) is 84.0 Å². The number of alkyl halides is 1. The lowest BCUT2D eigenvalue weighted by Crippen LogP contribution is -2.33. The van der Waals surface area contributed by atoms with Crippen LogP contribution in [0, 0.1) is 10.8 Å². The molecule has 2 aliphatic heterocycles. The molecule has 0 N–H and O–H groups in total. The summed E-state index contributed by atoms with van der Waals surface area (Å²) >= 11 is 3.50. The molecular weight excluding hydrogens is 602 g/mol. The Bertz CT molecular complexity index is 1520. The highest BCUT2D eigenvalue weighted by atomic mass is 79.9. The summed E-state index contributed by atoms with van der Waals surface area (Å²) in [6, 6.07) is 15.7. The molecule has 0 amide bonds. The Morgan fingerprint density at radius 2 is 1.33 bits per heavy atom. The fourth-order valence-electron chi connectivity index (χ4n) is 4.81. The zero-order valence-electron chi connectivity index (χ0n) is 24.8. The number of carbonyl (C=O) groups excluding carboxylic acids is 3. The van der Waals surface area contributed by atoms with Crippen molar-refractivity contribution in [1.29, 1.82) is 0 Å². The summed E-state index contributed by atoms with van der Waals surface area (Å²) in [6.45, 7) is 11.4. The minimum atomic E-state index is -1.35. The number of anilines is 1. The van der Waals surface area contributed by atoms with Crippen molar-refractivity contribution in [2.75, 3.05) is 23.8 Å². The third-order valence-corrected chi connectivity index (χ3v) is 7.59. The summed E-state index contributed by atoms with van der Waals surface area (Å²) in [4.78, 5) is 40.8. The van der Waals surface area contributed by atoms with E-state index in [1.165, 1.54) is 0 Å². The molecule has 0 saturated carbocycles. The van der Waals surface area contributed by atoms with E-state index in [0.717, 1.165) is 17.6 Å². The fraction of sp³-hybridized carbons (Fsp3) is 0.364. The number of carbonyl (C=O) groups is 3. The first-order valence-corrected chi connectivity index (χ1v) is 14.8. The van der Waals surface area contributed by atoms with Gasteiger partial charge in [-0.1, -0.05) is 15.9 Å². The van der Waals surface area contributed by atoms with Gasteiger partial charge in [0.25, 0.3) is 0 Å². The maximum atomic E-state index is 13.4. The second-order valence-electron chi connectivity index (χ2n) is 12.6. The molecule has 42 heavy (non-hydrogen) atoms.